The van der Waals surface area contributed by atoms with Crippen LogP contribution in [0.3, 0.4) is 0 Å². The van der Waals surface area contributed by atoms with Gasteiger partial charge < -0.3 is 15.2 Å². The fourth-order valence-electron chi connectivity index (χ4n) is 1.78. The molecule has 0 saturated heterocycles. The van der Waals surface area contributed by atoms with Gasteiger partial charge in [-0.15, -0.1) is 0 Å². The lowest BCUT2D eigenvalue weighted by Crippen LogP contribution is -2.12. The van der Waals surface area contributed by atoms with E-state index in [1.54, 1.807) is 0 Å². The quantitative estimate of drug-likeness (QED) is 0.490. The van der Waals surface area contributed by atoms with E-state index in [1.807, 2.05) is 0 Å². The van der Waals surface area contributed by atoms with Crippen LogP contribution in [-0.2, 0) is 0 Å². The number of nitrogens with two attached hydrogens (primary N) is 1. The second kappa shape index (κ2) is 4.96. The number of ether oxygens (including phenoxy) is 2. The molecule has 19 heavy (non-hydrogen) atoms. The van der Waals surface area contributed by atoms with Gasteiger partial charge >= 0.3 is 11.4 Å². The fourth-order valence-corrected chi connectivity index (χ4v) is 1.78. The van der Waals surface area contributed by atoms with E-state index >= 15 is 0 Å². The van der Waals surface area contributed by atoms with E-state index in [4.69, 9.17) is 15.2 Å². The highest BCUT2D eigenvalue weighted by atomic mass is 16.6. The summed E-state index contributed by atoms with van der Waals surface area (Å²) in [6, 6.07) is 0.981. The number of benzene rings is 1. The van der Waals surface area contributed by atoms with Crippen LogP contribution >= 0.6 is 0 Å². The van der Waals surface area contributed by atoms with Gasteiger partial charge in [-0.2, -0.15) is 0 Å². The molecule has 1 aliphatic rings. The molecule has 1 heterocycles. The second-order valence-electron chi connectivity index (χ2n) is 3.90. The molecule has 0 amide bonds. The zero-order valence-electron chi connectivity index (χ0n) is 9.83. The number of hydrogen-bond donors (Lipinski definition) is 1. The van der Waals surface area contributed by atoms with Crippen LogP contribution in [0.5, 0.6) is 11.5 Å². The highest BCUT2D eigenvalue weighted by molar-refractivity contribution is 5.79. The highest BCUT2D eigenvalue weighted by Gasteiger charge is 2.34. The first kappa shape index (κ1) is 12.9. The van der Waals surface area contributed by atoms with Gasteiger partial charge in [-0.1, -0.05) is 0 Å². The molecule has 1 aromatic rings. The molecule has 0 saturated carbocycles. The zero-order chi connectivity index (χ0) is 14.0. The van der Waals surface area contributed by atoms with E-state index in [0.717, 1.165) is 12.5 Å². The molecule has 0 aromatic heterocycles. The molecule has 1 aliphatic heterocycles. The van der Waals surface area contributed by atoms with E-state index in [9.17, 15) is 20.2 Å². The number of anilines is 1. The lowest BCUT2D eigenvalue weighted by Gasteiger charge is -2.17. The van der Waals surface area contributed by atoms with Crippen molar-refractivity contribution in [1.29, 1.82) is 0 Å². The molecule has 2 N–H and O–H groups in total. The minimum atomic E-state index is -0.893. The third kappa shape index (κ3) is 2.34. The summed E-state index contributed by atoms with van der Waals surface area (Å²) in [5.41, 5.74) is 3.76. The van der Waals surface area contributed by atoms with Crippen molar-refractivity contribution in [2.45, 2.75) is 12.8 Å². The third-order valence-electron chi connectivity index (χ3n) is 2.66. The van der Waals surface area contributed by atoms with Gasteiger partial charge in [0.15, 0.2) is 17.2 Å². The Balaban J connectivity index is 2.64. The van der Waals surface area contributed by atoms with Gasteiger partial charge in [0.25, 0.3) is 0 Å². The summed E-state index contributed by atoms with van der Waals surface area (Å²) in [6.45, 7) is 0.681. The van der Waals surface area contributed by atoms with Crippen molar-refractivity contribution in [2.24, 2.45) is 0 Å². The summed E-state index contributed by atoms with van der Waals surface area (Å²) in [7, 11) is 0. The van der Waals surface area contributed by atoms with Gasteiger partial charge in [0.2, 0.25) is 0 Å². The first-order valence-corrected chi connectivity index (χ1v) is 5.53. The standard InChI is InChI=1S/C10H11N3O6/c11-8-9(13(16)17)6(12(14)15)5-7-10(8)19-4-2-1-3-18-7/h5H,1-4,11H2. The fraction of sp³-hybridized carbons (Fsp3) is 0.400. The maximum absolute atomic E-state index is 10.9. The molecular weight excluding hydrogens is 258 g/mol. The maximum atomic E-state index is 10.9. The van der Waals surface area contributed by atoms with Crippen molar-refractivity contribution < 1.29 is 19.3 Å². The Kier molecular flexibility index (Phi) is 3.36. The predicted molar refractivity (Wildman–Crippen MR) is 64.4 cm³/mol. The van der Waals surface area contributed by atoms with Crippen LogP contribution in [-0.4, -0.2) is 23.1 Å². The molecule has 9 nitrogen and oxygen atoms in total. The minimum absolute atomic E-state index is 0.00278. The molecule has 0 atom stereocenters. The van der Waals surface area contributed by atoms with Crippen LogP contribution in [0, 0.1) is 20.2 Å². The average molecular weight is 269 g/mol. The van der Waals surface area contributed by atoms with Gasteiger partial charge in [-0.3, -0.25) is 20.2 Å². The number of nitrogen functional groups attached to an aromatic ring is 1. The molecule has 0 fully saturated rings. The molecule has 0 spiro atoms. The van der Waals surface area contributed by atoms with E-state index in [2.05, 4.69) is 0 Å². The largest absolute Gasteiger partial charge is 0.489 e. The molecule has 1 aromatic carbocycles. The number of nitrogens with zero attached hydrogens (tertiary/aromatic N) is 2. The Morgan fingerprint density at radius 3 is 2.32 bits per heavy atom. The Hall–Kier alpha value is -2.58. The molecule has 0 bridgehead atoms. The SMILES string of the molecule is Nc1c2c(cc([N+](=O)[O-])c1[N+](=O)[O-])OCCCCO2. The van der Waals surface area contributed by atoms with Crippen LogP contribution in [0.1, 0.15) is 12.8 Å². The zero-order valence-corrected chi connectivity index (χ0v) is 9.83. The van der Waals surface area contributed by atoms with Crippen LogP contribution in [0.4, 0.5) is 17.1 Å². The summed E-state index contributed by atoms with van der Waals surface area (Å²) in [6.07, 6.45) is 1.44. The normalized spacial score (nSPS) is 14.3. The number of nitro groups is 2. The van der Waals surface area contributed by atoms with Crippen molar-refractivity contribution in [2.75, 3.05) is 18.9 Å². The van der Waals surface area contributed by atoms with Crippen LogP contribution in [0.15, 0.2) is 6.07 Å². The molecular formula is C10H11N3O6. The Bertz CT molecular complexity index is 545. The first-order chi connectivity index (χ1) is 9.02. The first-order valence-electron chi connectivity index (χ1n) is 5.53. The van der Waals surface area contributed by atoms with Crippen molar-refractivity contribution in [1.82, 2.24) is 0 Å². The van der Waals surface area contributed by atoms with Crippen molar-refractivity contribution >= 4 is 17.1 Å². The van der Waals surface area contributed by atoms with Gasteiger partial charge in [0, 0.05) is 0 Å². The minimum Gasteiger partial charge on any atom is -0.489 e. The molecule has 0 unspecified atom stereocenters. The number of nitro benzene ring substituents is 2. The van der Waals surface area contributed by atoms with Crippen molar-refractivity contribution in [3.8, 4) is 11.5 Å². The molecule has 0 radical (unpaired) electrons. The van der Waals surface area contributed by atoms with Crippen LogP contribution < -0.4 is 15.2 Å². The van der Waals surface area contributed by atoms with Crippen molar-refractivity contribution in [3.05, 3.63) is 26.3 Å². The highest BCUT2D eigenvalue weighted by Crippen LogP contribution is 2.46. The van der Waals surface area contributed by atoms with Gasteiger partial charge in [-0.05, 0) is 12.8 Å². The number of rotatable bonds is 2. The lowest BCUT2D eigenvalue weighted by molar-refractivity contribution is -0.421. The molecule has 0 aliphatic carbocycles. The Morgan fingerprint density at radius 2 is 1.74 bits per heavy atom. The van der Waals surface area contributed by atoms with E-state index in [1.165, 1.54) is 0 Å². The summed E-state index contributed by atoms with van der Waals surface area (Å²) >= 11 is 0. The second-order valence-corrected chi connectivity index (χ2v) is 3.90. The van der Waals surface area contributed by atoms with Crippen LogP contribution in [0.25, 0.3) is 0 Å². The van der Waals surface area contributed by atoms with Crippen molar-refractivity contribution in [3.63, 3.8) is 0 Å². The summed E-state index contributed by atoms with van der Waals surface area (Å²) in [5.74, 6) is 0.0616. The molecule has 9 heteroatoms. The monoisotopic (exact) mass is 269 g/mol. The molecule has 2 rings (SSSR count). The lowest BCUT2D eigenvalue weighted by atomic mass is 10.2. The van der Waals surface area contributed by atoms with Gasteiger partial charge in [-0.25, -0.2) is 0 Å². The maximum Gasteiger partial charge on any atom is 0.372 e. The summed E-state index contributed by atoms with van der Waals surface area (Å²) < 4.78 is 10.6. The van der Waals surface area contributed by atoms with Crippen LogP contribution in [0.2, 0.25) is 0 Å². The summed E-state index contributed by atoms with van der Waals surface area (Å²) in [4.78, 5) is 20.0. The van der Waals surface area contributed by atoms with Gasteiger partial charge in [0.05, 0.1) is 29.1 Å². The Morgan fingerprint density at radius 1 is 1.11 bits per heavy atom. The van der Waals surface area contributed by atoms with E-state index < -0.39 is 21.2 Å². The predicted octanol–water partition coefficient (Wildman–Crippen LogP) is 1.64. The van der Waals surface area contributed by atoms with E-state index in [-0.39, 0.29) is 17.2 Å². The smallest absolute Gasteiger partial charge is 0.372 e. The summed E-state index contributed by atoms with van der Waals surface area (Å²) in [5, 5.41) is 21.8. The molecule has 102 valence electrons. The van der Waals surface area contributed by atoms with Gasteiger partial charge in [0.1, 0.15) is 0 Å². The number of fused-ring (bicyclic) bond motifs is 1. The van der Waals surface area contributed by atoms with E-state index in [0.29, 0.717) is 19.6 Å². The third-order valence-corrected chi connectivity index (χ3v) is 2.66. The average Bonchev–Trinajstić information content (AvgIpc) is 2.29. The number of hydrogen-bond acceptors (Lipinski definition) is 7. The Labute approximate surface area is 107 Å². The topological polar surface area (TPSA) is 131 Å².